The summed E-state index contributed by atoms with van der Waals surface area (Å²) < 4.78 is 5.01. The van der Waals surface area contributed by atoms with Gasteiger partial charge in [-0.2, -0.15) is 15.4 Å². The molecule has 6 N–H and O–H groups in total. The van der Waals surface area contributed by atoms with Crippen LogP contribution in [0.2, 0.25) is 0 Å². The van der Waals surface area contributed by atoms with Gasteiger partial charge in [0.15, 0.2) is 5.96 Å². The van der Waals surface area contributed by atoms with Crippen molar-refractivity contribution in [1.82, 2.24) is 20.7 Å². The van der Waals surface area contributed by atoms with E-state index in [4.69, 9.17) is 16.2 Å². The molecule has 1 aromatic heterocycles. The van der Waals surface area contributed by atoms with Crippen LogP contribution in [0.25, 0.3) is 11.0 Å². The molecule has 0 saturated carbocycles. The Hall–Kier alpha value is -2.55. The van der Waals surface area contributed by atoms with E-state index in [1.165, 1.54) is 0 Å². The van der Waals surface area contributed by atoms with Crippen LogP contribution in [0.5, 0.6) is 5.75 Å². The number of fused-ring (bicyclic) bond motifs is 1. The number of H-pyrrole nitrogens is 1. The van der Waals surface area contributed by atoms with Crippen molar-refractivity contribution in [3.8, 4) is 5.75 Å². The summed E-state index contributed by atoms with van der Waals surface area (Å²) in [5.74, 6) is 0.842. The van der Waals surface area contributed by atoms with E-state index in [-0.39, 0.29) is 18.4 Å². The molecule has 0 bridgehead atoms. The summed E-state index contributed by atoms with van der Waals surface area (Å²) in [5.41, 5.74) is 11.6. The number of ether oxygens (including phenoxy) is 1. The number of carbonyl (C=O) groups is 1. The molecule has 1 heterocycles. The number of carbonyl (C=O) groups excluding carboxylic acids is 1. The van der Waals surface area contributed by atoms with Gasteiger partial charge in [-0.05, 0) is 12.1 Å². The Morgan fingerprint density at radius 1 is 1.43 bits per heavy atom. The van der Waals surface area contributed by atoms with Crippen molar-refractivity contribution in [2.75, 3.05) is 20.2 Å². The van der Waals surface area contributed by atoms with Crippen molar-refractivity contribution >= 4 is 35.8 Å². The number of methoxy groups -OCH3 is 1. The van der Waals surface area contributed by atoms with Crippen LogP contribution < -0.4 is 21.5 Å². The molecule has 9 nitrogen and oxygen atoms in total. The monoisotopic (exact) mass is 315 g/mol. The van der Waals surface area contributed by atoms with Crippen LogP contribution in [-0.2, 0) is 4.79 Å². The van der Waals surface area contributed by atoms with Gasteiger partial charge in [-0.1, -0.05) is 0 Å². The van der Waals surface area contributed by atoms with Gasteiger partial charge >= 0.3 is 0 Å². The lowest BCUT2D eigenvalue weighted by Gasteiger charge is -1.95. The standard InChI is InChI=1S/C7H7N3O.C4H10N4O.ClH/c1-11-5-2-3-6-7(4-5)9-10-8-6;5-4(6)8-2-1-7-3-9;/h2-4H,1H3,(H,8,9,10);3H,1-2H2,(H,7,9)(H4,5,6,8);1H. The molecule has 0 aliphatic rings. The van der Waals surface area contributed by atoms with Crippen LogP contribution >= 0.6 is 12.4 Å². The fraction of sp³-hybridized carbons (Fsp3) is 0.273. The Bertz CT molecular complexity index is 568. The third kappa shape index (κ3) is 6.97. The highest BCUT2D eigenvalue weighted by atomic mass is 35.5. The zero-order valence-corrected chi connectivity index (χ0v) is 12.3. The lowest BCUT2D eigenvalue weighted by atomic mass is 10.3. The van der Waals surface area contributed by atoms with Crippen molar-refractivity contribution in [2.45, 2.75) is 0 Å². The molecule has 0 fully saturated rings. The topological polar surface area (TPSA) is 144 Å². The molecule has 0 unspecified atom stereocenters. The molecule has 1 amide bonds. The average molecular weight is 316 g/mol. The summed E-state index contributed by atoms with van der Waals surface area (Å²) in [4.78, 5) is 13.2. The maximum absolute atomic E-state index is 9.63. The number of nitrogens with one attached hydrogen (secondary N) is 2. The number of nitrogens with zero attached hydrogens (tertiary/aromatic N) is 3. The number of amides is 1. The highest BCUT2D eigenvalue weighted by molar-refractivity contribution is 5.85. The molecule has 10 heteroatoms. The van der Waals surface area contributed by atoms with E-state index in [2.05, 4.69) is 25.7 Å². The second-order valence-corrected chi connectivity index (χ2v) is 3.56. The molecule has 0 radical (unpaired) electrons. The second-order valence-electron chi connectivity index (χ2n) is 3.56. The van der Waals surface area contributed by atoms with Crippen LogP contribution in [-0.4, -0.2) is 48.0 Å². The Kier molecular flexibility index (Phi) is 9.02. The van der Waals surface area contributed by atoms with Crippen molar-refractivity contribution in [3.05, 3.63) is 18.2 Å². The van der Waals surface area contributed by atoms with Gasteiger partial charge in [0.1, 0.15) is 16.8 Å². The van der Waals surface area contributed by atoms with Crippen LogP contribution in [0, 0.1) is 0 Å². The maximum Gasteiger partial charge on any atom is 0.207 e. The Labute approximate surface area is 127 Å². The smallest absolute Gasteiger partial charge is 0.207 e. The minimum absolute atomic E-state index is 0. The van der Waals surface area contributed by atoms with Gasteiger partial charge < -0.3 is 21.5 Å². The fourth-order valence-corrected chi connectivity index (χ4v) is 1.26. The summed E-state index contributed by atoms with van der Waals surface area (Å²) in [6, 6.07) is 5.54. The van der Waals surface area contributed by atoms with E-state index < -0.39 is 0 Å². The zero-order valence-electron chi connectivity index (χ0n) is 11.4. The van der Waals surface area contributed by atoms with E-state index in [1.807, 2.05) is 18.2 Å². The van der Waals surface area contributed by atoms with E-state index in [1.54, 1.807) is 7.11 Å². The number of benzene rings is 1. The van der Waals surface area contributed by atoms with Crippen LogP contribution in [0.1, 0.15) is 0 Å². The first kappa shape index (κ1) is 18.4. The SMILES string of the molecule is COc1ccc2n[nH]nc2c1.Cl.NC(N)=NCCNC=O. The summed E-state index contributed by atoms with van der Waals surface area (Å²) in [5, 5.41) is 12.8. The summed E-state index contributed by atoms with van der Waals surface area (Å²) in [7, 11) is 1.63. The molecular formula is C11H18ClN7O2. The Morgan fingerprint density at radius 2 is 2.14 bits per heavy atom. The summed E-state index contributed by atoms with van der Waals surface area (Å²) in [6.45, 7) is 0.905. The van der Waals surface area contributed by atoms with Gasteiger partial charge in [-0.3, -0.25) is 9.79 Å². The molecular weight excluding hydrogens is 298 g/mol. The maximum atomic E-state index is 9.63. The quantitative estimate of drug-likeness (QED) is 0.251. The lowest BCUT2D eigenvalue weighted by Crippen LogP contribution is -2.25. The van der Waals surface area contributed by atoms with Gasteiger partial charge in [0.05, 0.1) is 13.7 Å². The number of hydrogen-bond acceptors (Lipinski definition) is 5. The van der Waals surface area contributed by atoms with Gasteiger partial charge in [0, 0.05) is 12.6 Å². The molecule has 21 heavy (non-hydrogen) atoms. The molecule has 0 aliphatic carbocycles. The molecule has 2 aromatic rings. The predicted octanol–water partition coefficient (Wildman–Crippen LogP) is -0.606. The largest absolute Gasteiger partial charge is 0.497 e. The zero-order chi connectivity index (χ0) is 14.8. The number of aromatic nitrogens is 3. The first-order valence-corrected chi connectivity index (χ1v) is 5.74. The van der Waals surface area contributed by atoms with E-state index >= 15 is 0 Å². The normalized spacial score (nSPS) is 8.81. The van der Waals surface area contributed by atoms with Crippen LogP contribution in [0.4, 0.5) is 0 Å². The Balaban J connectivity index is 0.000000373. The van der Waals surface area contributed by atoms with Crippen molar-refractivity contribution in [1.29, 1.82) is 0 Å². The number of rotatable bonds is 5. The number of halogens is 1. The Morgan fingerprint density at radius 3 is 2.76 bits per heavy atom. The first-order valence-electron chi connectivity index (χ1n) is 5.74. The number of nitrogens with two attached hydrogens (primary N) is 2. The third-order valence-electron chi connectivity index (χ3n) is 2.16. The molecule has 0 saturated heterocycles. The first-order chi connectivity index (χ1) is 9.67. The molecule has 0 spiro atoms. The van der Waals surface area contributed by atoms with Gasteiger partial charge in [0.2, 0.25) is 6.41 Å². The van der Waals surface area contributed by atoms with Crippen LogP contribution in [0.3, 0.4) is 0 Å². The summed E-state index contributed by atoms with van der Waals surface area (Å²) in [6.07, 6.45) is 0.599. The van der Waals surface area contributed by atoms with Crippen molar-refractivity contribution in [3.63, 3.8) is 0 Å². The minimum Gasteiger partial charge on any atom is -0.497 e. The molecule has 116 valence electrons. The predicted molar refractivity (Wildman–Crippen MR) is 82.4 cm³/mol. The highest BCUT2D eigenvalue weighted by Crippen LogP contribution is 2.15. The van der Waals surface area contributed by atoms with Gasteiger partial charge in [-0.25, -0.2) is 0 Å². The van der Waals surface area contributed by atoms with Gasteiger partial charge in [0.25, 0.3) is 0 Å². The van der Waals surface area contributed by atoms with E-state index in [9.17, 15) is 4.79 Å². The third-order valence-corrected chi connectivity index (χ3v) is 2.16. The highest BCUT2D eigenvalue weighted by Gasteiger charge is 1.97. The summed E-state index contributed by atoms with van der Waals surface area (Å²) >= 11 is 0. The van der Waals surface area contributed by atoms with Crippen molar-refractivity contribution < 1.29 is 9.53 Å². The molecule has 0 aliphatic heterocycles. The van der Waals surface area contributed by atoms with E-state index in [0.29, 0.717) is 19.5 Å². The fourth-order valence-electron chi connectivity index (χ4n) is 1.26. The second kappa shape index (κ2) is 10.3. The number of aromatic amines is 1. The van der Waals surface area contributed by atoms with Crippen molar-refractivity contribution in [2.24, 2.45) is 16.5 Å². The molecule has 2 rings (SSSR count). The average Bonchev–Trinajstić information content (AvgIpc) is 2.91. The number of guanidine groups is 1. The molecule has 1 aromatic carbocycles. The number of hydrogen-bond donors (Lipinski definition) is 4. The van der Waals surface area contributed by atoms with E-state index in [0.717, 1.165) is 16.8 Å². The molecule has 0 atom stereocenters. The minimum atomic E-state index is 0. The van der Waals surface area contributed by atoms with Crippen LogP contribution in [0.15, 0.2) is 23.2 Å². The lowest BCUT2D eigenvalue weighted by molar-refractivity contribution is -0.109. The van der Waals surface area contributed by atoms with Gasteiger partial charge in [-0.15, -0.1) is 12.4 Å². The number of aliphatic imine (C=N–C) groups is 1.